The summed E-state index contributed by atoms with van der Waals surface area (Å²) in [6.07, 6.45) is 0. The molecule has 0 aliphatic carbocycles. The summed E-state index contributed by atoms with van der Waals surface area (Å²) in [5.41, 5.74) is 5.48. The largest absolute Gasteiger partial charge is 0.379 e. The van der Waals surface area contributed by atoms with Crippen LogP contribution in [0.3, 0.4) is 0 Å². The van der Waals surface area contributed by atoms with E-state index in [1.807, 2.05) is 0 Å². The highest BCUT2D eigenvalue weighted by Crippen LogP contribution is 2.32. The molecule has 1 aromatic carbocycles. The van der Waals surface area contributed by atoms with Crippen molar-refractivity contribution in [3.05, 3.63) is 32.8 Å². The van der Waals surface area contributed by atoms with Crippen molar-refractivity contribution in [3.8, 4) is 0 Å². The third kappa shape index (κ3) is 2.67. The van der Waals surface area contributed by atoms with Crippen molar-refractivity contribution in [2.75, 3.05) is 18.5 Å². The van der Waals surface area contributed by atoms with Gasteiger partial charge < -0.3 is 15.8 Å². The summed E-state index contributed by atoms with van der Waals surface area (Å²) < 4.78 is 5.67. The highest BCUT2D eigenvalue weighted by Gasteiger charge is 2.44. The second kappa shape index (κ2) is 5.47. The second-order valence-electron chi connectivity index (χ2n) is 4.91. The second-order valence-corrected chi connectivity index (χ2v) is 5.77. The van der Waals surface area contributed by atoms with Gasteiger partial charge in [0.25, 0.3) is 5.69 Å². The monoisotopic (exact) mass is 343 g/mol. The lowest BCUT2D eigenvalue weighted by atomic mass is 9.85. The summed E-state index contributed by atoms with van der Waals surface area (Å²) in [7, 11) is 0. The van der Waals surface area contributed by atoms with Crippen LogP contribution in [-0.4, -0.2) is 30.1 Å². The maximum atomic E-state index is 12.3. The Balaban J connectivity index is 2.18. The molecule has 2 atom stereocenters. The van der Waals surface area contributed by atoms with Gasteiger partial charge in [-0.25, -0.2) is 0 Å². The van der Waals surface area contributed by atoms with Crippen molar-refractivity contribution in [3.63, 3.8) is 0 Å². The van der Waals surface area contributed by atoms with E-state index in [9.17, 15) is 14.9 Å². The van der Waals surface area contributed by atoms with E-state index in [4.69, 9.17) is 10.5 Å². The molecular formula is C12H14BrN3O4. The van der Waals surface area contributed by atoms with Crippen LogP contribution in [0.1, 0.15) is 6.92 Å². The van der Waals surface area contributed by atoms with Gasteiger partial charge in [-0.1, -0.05) is 0 Å². The average molecular weight is 344 g/mol. The Morgan fingerprint density at radius 3 is 2.85 bits per heavy atom. The number of hydrogen-bond acceptors (Lipinski definition) is 5. The fourth-order valence-corrected chi connectivity index (χ4v) is 2.37. The number of nitro groups is 1. The number of ether oxygens (including phenoxy) is 1. The molecule has 0 spiro atoms. The Bertz CT molecular complexity index is 566. The number of amides is 1. The Morgan fingerprint density at radius 2 is 2.35 bits per heavy atom. The van der Waals surface area contributed by atoms with Gasteiger partial charge in [-0.3, -0.25) is 14.9 Å². The predicted molar refractivity (Wildman–Crippen MR) is 76.3 cm³/mol. The fourth-order valence-electron chi connectivity index (χ4n) is 1.91. The number of nitrogens with zero attached hydrogens (tertiary/aromatic N) is 1. The number of carbonyl (C=O) groups is 1. The predicted octanol–water partition coefficient (Wildman–Crippen LogP) is 1.66. The van der Waals surface area contributed by atoms with Crippen molar-refractivity contribution in [1.29, 1.82) is 0 Å². The van der Waals surface area contributed by atoms with Gasteiger partial charge in [-0.2, -0.15) is 0 Å². The lowest BCUT2D eigenvalue weighted by Crippen LogP contribution is -2.47. The molecule has 20 heavy (non-hydrogen) atoms. The summed E-state index contributed by atoms with van der Waals surface area (Å²) in [5.74, 6) is -0.267. The summed E-state index contributed by atoms with van der Waals surface area (Å²) in [6.45, 7) is 2.33. The third-order valence-electron chi connectivity index (χ3n) is 3.45. The first-order valence-electron chi connectivity index (χ1n) is 5.93. The normalized spacial score (nSPS) is 25.4. The van der Waals surface area contributed by atoms with Gasteiger partial charge in [0.15, 0.2) is 0 Å². The van der Waals surface area contributed by atoms with Gasteiger partial charge in [0.05, 0.1) is 29.2 Å². The van der Waals surface area contributed by atoms with E-state index in [0.717, 1.165) is 0 Å². The topological polar surface area (TPSA) is 107 Å². The van der Waals surface area contributed by atoms with Crippen LogP contribution in [0.15, 0.2) is 22.7 Å². The molecule has 3 N–H and O–H groups in total. The SMILES string of the molecule is CC1(C(=O)Nc2ccc([N+](=O)[O-])cc2Br)COCC1N. The Labute approximate surface area is 123 Å². The van der Waals surface area contributed by atoms with E-state index in [-0.39, 0.29) is 24.2 Å². The summed E-state index contributed by atoms with van der Waals surface area (Å²) in [6, 6.07) is 3.76. The standard InChI is InChI=1S/C12H14BrN3O4/c1-12(6-20-5-10(12)14)11(17)15-9-3-2-7(16(18)19)4-8(9)13/h2-4,10H,5-6,14H2,1H3,(H,15,17). The summed E-state index contributed by atoms with van der Waals surface area (Å²) in [5, 5.41) is 13.4. The summed E-state index contributed by atoms with van der Waals surface area (Å²) >= 11 is 3.20. The van der Waals surface area contributed by atoms with Crippen LogP contribution < -0.4 is 11.1 Å². The van der Waals surface area contributed by atoms with Crippen LogP contribution in [0.4, 0.5) is 11.4 Å². The number of hydrogen-bond donors (Lipinski definition) is 2. The van der Waals surface area contributed by atoms with Crippen molar-refractivity contribution in [2.45, 2.75) is 13.0 Å². The number of carbonyl (C=O) groups excluding carboxylic acids is 1. The minimum atomic E-state index is -0.804. The molecule has 108 valence electrons. The highest BCUT2D eigenvalue weighted by molar-refractivity contribution is 9.10. The number of halogens is 1. The van der Waals surface area contributed by atoms with Crippen LogP contribution in [0, 0.1) is 15.5 Å². The van der Waals surface area contributed by atoms with E-state index >= 15 is 0 Å². The van der Waals surface area contributed by atoms with Gasteiger partial charge in [0.2, 0.25) is 5.91 Å². The number of anilines is 1. The third-order valence-corrected chi connectivity index (χ3v) is 4.10. The lowest BCUT2D eigenvalue weighted by molar-refractivity contribution is -0.384. The Morgan fingerprint density at radius 1 is 1.65 bits per heavy atom. The van der Waals surface area contributed by atoms with Crippen LogP contribution in [0.2, 0.25) is 0 Å². The molecule has 1 amide bonds. The quantitative estimate of drug-likeness (QED) is 0.640. The first kappa shape index (κ1) is 14.9. The molecule has 1 aromatic rings. The van der Waals surface area contributed by atoms with E-state index in [1.165, 1.54) is 18.2 Å². The van der Waals surface area contributed by atoms with Crippen molar-refractivity contribution in [1.82, 2.24) is 0 Å². The van der Waals surface area contributed by atoms with Crippen molar-refractivity contribution in [2.24, 2.45) is 11.1 Å². The molecule has 1 saturated heterocycles. The molecule has 0 bridgehead atoms. The molecule has 1 aliphatic rings. The van der Waals surface area contributed by atoms with E-state index in [0.29, 0.717) is 16.8 Å². The first-order valence-corrected chi connectivity index (χ1v) is 6.72. The molecule has 1 aliphatic heterocycles. The van der Waals surface area contributed by atoms with Crippen LogP contribution in [0.5, 0.6) is 0 Å². The molecule has 8 heteroatoms. The molecule has 1 fully saturated rings. The van der Waals surface area contributed by atoms with Gasteiger partial charge in [-0.05, 0) is 28.9 Å². The highest BCUT2D eigenvalue weighted by atomic mass is 79.9. The zero-order valence-electron chi connectivity index (χ0n) is 10.8. The van der Waals surface area contributed by atoms with Crippen LogP contribution in [0.25, 0.3) is 0 Å². The van der Waals surface area contributed by atoms with E-state index < -0.39 is 10.3 Å². The number of benzene rings is 1. The molecule has 1 heterocycles. The number of rotatable bonds is 3. The van der Waals surface area contributed by atoms with Crippen LogP contribution in [-0.2, 0) is 9.53 Å². The molecule has 2 rings (SSSR count). The lowest BCUT2D eigenvalue weighted by Gasteiger charge is -2.25. The van der Waals surface area contributed by atoms with Gasteiger partial charge >= 0.3 is 0 Å². The van der Waals surface area contributed by atoms with E-state index in [1.54, 1.807) is 6.92 Å². The summed E-state index contributed by atoms with van der Waals surface area (Å²) in [4.78, 5) is 22.4. The maximum absolute atomic E-state index is 12.3. The maximum Gasteiger partial charge on any atom is 0.270 e. The van der Waals surface area contributed by atoms with Gasteiger partial charge in [0, 0.05) is 22.6 Å². The van der Waals surface area contributed by atoms with Crippen molar-refractivity contribution < 1.29 is 14.5 Å². The average Bonchev–Trinajstić information content (AvgIpc) is 2.73. The Kier molecular flexibility index (Phi) is 4.07. The zero-order valence-corrected chi connectivity index (χ0v) is 12.3. The first-order chi connectivity index (χ1) is 9.34. The molecule has 7 nitrogen and oxygen atoms in total. The van der Waals surface area contributed by atoms with Crippen molar-refractivity contribution >= 4 is 33.2 Å². The molecule has 0 saturated carbocycles. The number of nitrogens with one attached hydrogen (secondary N) is 1. The zero-order chi connectivity index (χ0) is 14.9. The van der Waals surface area contributed by atoms with Crippen LogP contribution >= 0.6 is 15.9 Å². The molecule has 0 radical (unpaired) electrons. The molecule has 2 unspecified atom stereocenters. The smallest absolute Gasteiger partial charge is 0.270 e. The number of non-ortho nitro benzene ring substituents is 1. The molecule has 0 aromatic heterocycles. The fraction of sp³-hybridized carbons (Fsp3) is 0.417. The van der Waals surface area contributed by atoms with E-state index in [2.05, 4.69) is 21.2 Å². The number of nitro benzene ring substituents is 1. The molecular weight excluding hydrogens is 330 g/mol. The Hall–Kier alpha value is -1.51. The van der Waals surface area contributed by atoms with Gasteiger partial charge in [0.1, 0.15) is 0 Å². The minimum Gasteiger partial charge on any atom is -0.379 e. The number of nitrogens with two attached hydrogens (primary N) is 1. The van der Waals surface area contributed by atoms with Gasteiger partial charge in [-0.15, -0.1) is 0 Å². The minimum absolute atomic E-state index is 0.0537.